The fraction of sp³-hybridized carbons (Fsp3) is 0.571. The van der Waals surface area contributed by atoms with Crippen LogP contribution in [0.1, 0.15) is 30.7 Å². The fourth-order valence-corrected chi connectivity index (χ4v) is 2.94. The first-order valence-electron chi connectivity index (χ1n) is 6.14. The Bertz CT molecular complexity index is 430. The van der Waals surface area contributed by atoms with Crippen LogP contribution in [0.2, 0.25) is 5.02 Å². The first-order chi connectivity index (χ1) is 8.58. The lowest BCUT2D eigenvalue weighted by Crippen LogP contribution is -2.07. The van der Waals surface area contributed by atoms with Gasteiger partial charge >= 0.3 is 0 Å². The van der Waals surface area contributed by atoms with Gasteiger partial charge in [-0.05, 0) is 36.3 Å². The summed E-state index contributed by atoms with van der Waals surface area (Å²) in [6, 6.07) is 3.66. The van der Waals surface area contributed by atoms with Gasteiger partial charge in [0.25, 0.3) is 0 Å². The fourth-order valence-electron chi connectivity index (χ4n) is 2.23. The van der Waals surface area contributed by atoms with Gasteiger partial charge in [0.1, 0.15) is 0 Å². The summed E-state index contributed by atoms with van der Waals surface area (Å²) in [7, 11) is 3.21. The predicted octanol–water partition coefficient (Wildman–Crippen LogP) is 4.68. The molecule has 0 spiro atoms. The number of methoxy groups -OCH3 is 2. The van der Waals surface area contributed by atoms with Crippen LogP contribution in [0, 0.1) is 11.8 Å². The maximum Gasteiger partial charge on any atom is 0.162 e. The molecule has 1 aromatic rings. The largest absolute Gasteiger partial charge is 0.493 e. The average Bonchev–Trinajstić information content (AvgIpc) is 3.20. The molecule has 2 rings (SSSR count). The van der Waals surface area contributed by atoms with Crippen LogP contribution in [0.15, 0.2) is 12.1 Å². The molecular weight excluding hydrogens is 271 g/mol. The van der Waals surface area contributed by atoms with E-state index in [0.717, 1.165) is 11.5 Å². The topological polar surface area (TPSA) is 18.5 Å². The first-order valence-corrected chi connectivity index (χ1v) is 6.95. The van der Waals surface area contributed by atoms with Crippen LogP contribution < -0.4 is 9.47 Å². The lowest BCUT2D eigenvalue weighted by molar-refractivity contribution is 0.354. The minimum Gasteiger partial charge on any atom is -0.493 e. The van der Waals surface area contributed by atoms with Crippen molar-refractivity contribution in [3.8, 4) is 11.5 Å². The minimum atomic E-state index is -0.0789. The van der Waals surface area contributed by atoms with Crippen molar-refractivity contribution in [1.29, 1.82) is 0 Å². The highest BCUT2D eigenvalue weighted by atomic mass is 35.5. The molecule has 0 N–H and O–H groups in total. The Kier molecular flexibility index (Phi) is 4.29. The molecular formula is C14H18Cl2O2. The van der Waals surface area contributed by atoms with Gasteiger partial charge in [-0.1, -0.05) is 18.5 Å². The van der Waals surface area contributed by atoms with E-state index in [1.54, 1.807) is 20.3 Å². The van der Waals surface area contributed by atoms with Gasteiger partial charge in [-0.25, -0.2) is 0 Å². The van der Waals surface area contributed by atoms with Crippen LogP contribution in [-0.2, 0) is 0 Å². The zero-order chi connectivity index (χ0) is 13.3. The molecule has 2 nitrogen and oxygen atoms in total. The van der Waals surface area contributed by atoms with Gasteiger partial charge < -0.3 is 9.47 Å². The van der Waals surface area contributed by atoms with Gasteiger partial charge in [0, 0.05) is 11.1 Å². The van der Waals surface area contributed by atoms with Crippen molar-refractivity contribution >= 4 is 23.2 Å². The zero-order valence-electron chi connectivity index (χ0n) is 10.9. The van der Waals surface area contributed by atoms with Gasteiger partial charge in [0.2, 0.25) is 0 Å². The average molecular weight is 289 g/mol. The molecule has 0 aliphatic heterocycles. The van der Waals surface area contributed by atoms with Gasteiger partial charge in [-0.3, -0.25) is 0 Å². The summed E-state index contributed by atoms with van der Waals surface area (Å²) in [5, 5.41) is 0.560. The molecule has 0 aromatic heterocycles. The number of benzene rings is 1. The molecule has 4 heteroatoms. The number of halogens is 2. The standard InChI is InChI=1S/C14H18Cl2O2/c1-8(9-4-5-9)14(16)10-6-12(17-2)13(18-3)7-11(10)15/h6-9,14H,4-5H2,1-3H3. The molecule has 2 unspecified atom stereocenters. The predicted molar refractivity (Wildman–Crippen MR) is 75.0 cm³/mol. The molecule has 0 saturated heterocycles. The lowest BCUT2D eigenvalue weighted by Gasteiger charge is -2.20. The van der Waals surface area contributed by atoms with Crippen LogP contribution >= 0.6 is 23.2 Å². The first kappa shape index (κ1) is 13.8. The molecule has 1 saturated carbocycles. The van der Waals surface area contributed by atoms with E-state index in [1.807, 2.05) is 6.07 Å². The van der Waals surface area contributed by atoms with Gasteiger partial charge in [0.05, 0.1) is 19.6 Å². The number of rotatable bonds is 5. The maximum atomic E-state index is 6.54. The Hall–Kier alpha value is -0.600. The van der Waals surface area contributed by atoms with Crippen molar-refractivity contribution in [2.75, 3.05) is 14.2 Å². The van der Waals surface area contributed by atoms with Gasteiger partial charge in [-0.15, -0.1) is 11.6 Å². The van der Waals surface area contributed by atoms with Crippen molar-refractivity contribution in [3.05, 3.63) is 22.7 Å². The Morgan fingerprint density at radius 1 is 1.17 bits per heavy atom. The minimum absolute atomic E-state index is 0.0789. The van der Waals surface area contributed by atoms with E-state index in [0.29, 0.717) is 22.4 Å². The van der Waals surface area contributed by atoms with Crippen molar-refractivity contribution in [3.63, 3.8) is 0 Å². The highest BCUT2D eigenvalue weighted by Crippen LogP contribution is 2.48. The van der Waals surface area contributed by atoms with E-state index in [1.165, 1.54) is 12.8 Å². The van der Waals surface area contributed by atoms with Crippen molar-refractivity contribution in [2.24, 2.45) is 11.8 Å². The normalized spacial score (nSPS) is 18.3. The van der Waals surface area contributed by atoms with Crippen LogP contribution in [0.25, 0.3) is 0 Å². The Labute approximate surface area is 118 Å². The third-order valence-electron chi connectivity index (χ3n) is 3.63. The van der Waals surface area contributed by atoms with E-state index < -0.39 is 0 Å². The number of alkyl halides is 1. The van der Waals surface area contributed by atoms with E-state index >= 15 is 0 Å². The second-order valence-corrected chi connectivity index (χ2v) is 5.70. The van der Waals surface area contributed by atoms with E-state index in [-0.39, 0.29) is 5.38 Å². The Morgan fingerprint density at radius 3 is 2.22 bits per heavy atom. The number of hydrogen-bond donors (Lipinski definition) is 0. The molecule has 1 aromatic carbocycles. The van der Waals surface area contributed by atoms with Crippen molar-refractivity contribution in [1.82, 2.24) is 0 Å². The lowest BCUT2D eigenvalue weighted by atomic mass is 9.95. The molecule has 1 aliphatic carbocycles. The van der Waals surface area contributed by atoms with Crippen molar-refractivity contribution < 1.29 is 9.47 Å². The molecule has 18 heavy (non-hydrogen) atoms. The quantitative estimate of drug-likeness (QED) is 0.732. The van der Waals surface area contributed by atoms with Crippen LogP contribution in [0.3, 0.4) is 0 Å². The van der Waals surface area contributed by atoms with E-state index in [9.17, 15) is 0 Å². The third-order valence-corrected chi connectivity index (χ3v) is 4.59. The summed E-state index contributed by atoms with van der Waals surface area (Å²) in [5.41, 5.74) is 0.926. The summed E-state index contributed by atoms with van der Waals surface area (Å²) in [4.78, 5) is 0. The highest BCUT2D eigenvalue weighted by molar-refractivity contribution is 6.33. The molecule has 1 fully saturated rings. The summed E-state index contributed by atoms with van der Waals surface area (Å²) in [6.07, 6.45) is 2.55. The molecule has 0 bridgehead atoms. The van der Waals surface area contributed by atoms with E-state index in [4.69, 9.17) is 32.7 Å². The van der Waals surface area contributed by atoms with Crippen LogP contribution in [0.4, 0.5) is 0 Å². The second kappa shape index (κ2) is 5.58. The molecule has 100 valence electrons. The molecule has 0 radical (unpaired) electrons. The third kappa shape index (κ3) is 2.70. The second-order valence-electron chi connectivity index (χ2n) is 4.83. The smallest absolute Gasteiger partial charge is 0.162 e. The number of ether oxygens (including phenoxy) is 2. The van der Waals surface area contributed by atoms with Crippen molar-refractivity contribution in [2.45, 2.75) is 25.1 Å². The molecule has 0 amide bonds. The number of hydrogen-bond acceptors (Lipinski definition) is 2. The maximum absolute atomic E-state index is 6.54. The Balaban J connectivity index is 2.31. The van der Waals surface area contributed by atoms with Gasteiger partial charge in [0.15, 0.2) is 11.5 Å². The monoisotopic (exact) mass is 288 g/mol. The Morgan fingerprint density at radius 2 is 1.72 bits per heavy atom. The summed E-state index contributed by atoms with van der Waals surface area (Å²) in [5.74, 6) is 2.47. The van der Waals surface area contributed by atoms with E-state index in [2.05, 4.69) is 6.92 Å². The zero-order valence-corrected chi connectivity index (χ0v) is 12.4. The SMILES string of the molecule is COc1cc(Cl)c(C(Cl)C(C)C2CC2)cc1OC. The summed E-state index contributed by atoms with van der Waals surface area (Å²) >= 11 is 12.8. The molecule has 0 heterocycles. The highest BCUT2D eigenvalue weighted by Gasteiger charge is 2.34. The summed E-state index contributed by atoms with van der Waals surface area (Å²) < 4.78 is 10.5. The van der Waals surface area contributed by atoms with Crippen LogP contribution in [0.5, 0.6) is 11.5 Å². The van der Waals surface area contributed by atoms with Gasteiger partial charge in [-0.2, -0.15) is 0 Å². The molecule has 2 atom stereocenters. The van der Waals surface area contributed by atoms with Crippen LogP contribution in [-0.4, -0.2) is 14.2 Å². The summed E-state index contributed by atoms with van der Waals surface area (Å²) in [6.45, 7) is 2.18. The molecule has 1 aliphatic rings.